The van der Waals surface area contributed by atoms with Crippen molar-refractivity contribution in [2.75, 3.05) is 5.75 Å². The van der Waals surface area contributed by atoms with Gasteiger partial charge in [-0.1, -0.05) is 45.9 Å². The molecule has 0 aromatic rings. The molecule has 2 nitrogen and oxygen atoms in total. The molecule has 1 rings (SSSR count). The summed E-state index contributed by atoms with van der Waals surface area (Å²) in [6.45, 7) is 11.3. The van der Waals surface area contributed by atoms with Crippen molar-refractivity contribution < 1.29 is 0 Å². The first kappa shape index (κ1) is 12.9. The van der Waals surface area contributed by atoms with E-state index in [9.17, 15) is 0 Å². The summed E-state index contributed by atoms with van der Waals surface area (Å²) in [5.41, 5.74) is 0. The second kappa shape index (κ2) is 5.78. The lowest BCUT2D eigenvalue weighted by molar-refractivity contribution is 0.438. The SMILES string of the molecule is CCC(C)C(C)NC1=N[C@@H](C(C)C)CS1. The molecule has 0 aliphatic carbocycles. The van der Waals surface area contributed by atoms with Crippen LogP contribution >= 0.6 is 11.8 Å². The van der Waals surface area contributed by atoms with E-state index in [0.717, 1.165) is 10.9 Å². The Bertz CT molecular complexity index is 226. The van der Waals surface area contributed by atoms with Gasteiger partial charge >= 0.3 is 0 Å². The lowest BCUT2D eigenvalue weighted by Gasteiger charge is -2.20. The van der Waals surface area contributed by atoms with E-state index in [1.54, 1.807) is 0 Å². The van der Waals surface area contributed by atoms with Gasteiger partial charge in [-0.25, -0.2) is 0 Å². The Hall–Kier alpha value is -0.180. The smallest absolute Gasteiger partial charge is 0.157 e. The first-order chi connectivity index (χ1) is 7.04. The number of nitrogens with zero attached hydrogens (tertiary/aromatic N) is 1. The van der Waals surface area contributed by atoms with Crippen LogP contribution < -0.4 is 5.32 Å². The fourth-order valence-electron chi connectivity index (χ4n) is 1.50. The van der Waals surface area contributed by atoms with Crippen LogP contribution in [0, 0.1) is 11.8 Å². The van der Waals surface area contributed by atoms with E-state index >= 15 is 0 Å². The number of thioether (sulfide) groups is 1. The van der Waals surface area contributed by atoms with Gasteiger partial charge in [-0.2, -0.15) is 0 Å². The standard InChI is InChI=1S/C12H24N2S/c1-6-9(4)10(5)13-12-14-11(7-15-12)8(2)3/h8-11H,6-7H2,1-5H3,(H,13,14)/t9?,10?,11-/m1/s1. The minimum atomic E-state index is 0.515. The molecule has 0 fully saturated rings. The Balaban J connectivity index is 2.43. The highest BCUT2D eigenvalue weighted by Gasteiger charge is 2.22. The summed E-state index contributed by atoms with van der Waals surface area (Å²) in [4.78, 5) is 4.71. The van der Waals surface area contributed by atoms with Crippen molar-refractivity contribution in [2.45, 2.75) is 53.1 Å². The molecule has 0 amide bonds. The highest BCUT2D eigenvalue weighted by Crippen LogP contribution is 2.22. The van der Waals surface area contributed by atoms with E-state index in [1.165, 1.54) is 6.42 Å². The Kier molecular flexibility index (Phi) is 4.97. The first-order valence-electron chi connectivity index (χ1n) is 6.01. The predicted octanol–water partition coefficient (Wildman–Crippen LogP) is 3.14. The Labute approximate surface area is 98.3 Å². The lowest BCUT2D eigenvalue weighted by atomic mass is 10.0. The number of amidine groups is 1. The largest absolute Gasteiger partial charge is 0.362 e. The summed E-state index contributed by atoms with van der Waals surface area (Å²) in [7, 11) is 0. The van der Waals surface area contributed by atoms with Crippen molar-refractivity contribution in [1.82, 2.24) is 5.32 Å². The summed E-state index contributed by atoms with van der Waals surface area (Å²) in [5.74, 6) is 2.52. The van der Waals surface area contributed by atoms with Gasteiger partial charge in [0.15, 0.2) is 5.17 Å². The molecule has 0 aromatic heterocycles. The monoisotopic (exact) mass is 228 g/mol. The molecule has 1 heterocycles. The van der Waals surface area contributed by atoms with Crippen molar-refractivity contribution in [3.05, 3.63) is 0 Å². The van der Waals surface area contributed by atoms with Crippen molar-refractivity contribution in [1.29, 1.82) is 0 Å². The topological polar surface area (TPSA) is 24.4 Å². The van der Waals surface area contributed by atoms with Crippen molar-refractivity contribution >= 4 is 16.9 Å². The normalized spacial score (nSPS) is 25.2. The third kappa shape index (κ3) is 3.71. The van der Waals surface area contributed by atoms with Gasteiger partial charge in [0.25, 0.3) is 0 Å². The van der Waals surface area contributed by atoms with Crippen LogP contribution in [0.1, 0.15) is 41.0 Å². The second-order valence-electron chi connectivity index (χ2n) is 4.88. The molecule has 1 N–H and O–H groups in total. The van der Waals surface area contributed by atoms with Crippen LogP contribution in [0.4, 0.5) is 0 Å². The van der Waals surface area contributed by atoms with E-state index < -0.39 is 0 Å². The molecular formula is C12H24N2S. The molecule has 15 heavy (non-hydrogen) atoms. The molecule has 3 heteroatoms. The van der Waals surface area contributed by atoms with E-state index in [-0.39, 0.29) is 0 Å². The van der Waals surface area contributed by atoms with Gasteiger partial charge in [0.1, 0.15) is 0 Å². The molecule has 88 valence electrons. The van der Waals surface area contributed by atoms with Crippen LogP contribution in [-0.4, -0.2) is 23.0 Å². The molecule has 1 aliphatic rings. The number of hydrogen-bond acceptors (Lipinski definition) is 3. The number of hydrogen-bond donors (Lipinski definition) is 1. The van der Waals surface area contributed by atoms with Crippen molar-refractivity contribution in [2.24, 2.45) is 16.8 Å². The maximum Gasteiger partial charge on any atom is 0.157 e. The fraction of sp³-hybridized carbons (Fsp3) is 0.917. The van der Waals surface area contributed by atoms with Crippen molar-refractivity contribution in [3.8, 4) is 0 Å². The van der Waals surface area contributed by atoms with Crippen LogP contribution in [-0.2, 0) is 0 Å². The quantitative estimate of drug-likeness (QED) is 0.799. The number of rotatable bonds is 4. The fourth-order valence-corrected chi connectivity index (χ4v) is 2.77. The number of nitrogens with one attached hydrogen (secondary N) is 1. The highest BCUT2D eigenvalue weighted by atomic mass is 32.2. The van der Waals surface area contributed by atoms with Crippen LogP contribution in [0.5, 0.6) is 0 Å². The van der Waals surface area contributed by atoms with Gasteiger partial charge in [0, 0.05) is 11.8 Å². The molecule has 0 saturated heterocycles. The van der Waals surface area contributed by atoms with Gasteiger partial charge in [-0.05, 0) is 18.8 Å². The van der Waals surface area contributed by atoms with Crippen molar-refractivity contribution in [3.63, 3.8) is 0 Å². The number of aliphatic imine (C=N–C) groups is 1. The summed E-state index contributed by atoms with van der Waals surface area (Å²) in [6, 6.07) is 1.05. The Morgan fingerprint density at radius 3 is 2.53 bits per heavy atom. The van der Waals surface area contributed by atoms with E-state index in [1.807, 2.05) is 11.8 Å². The second-order valence-corrected chi connectivity index (χ2v) is 5.88. The highest BCUT2D eigenvalue weighted by molar-refractivity contribution is 8.14. The molecule has 2 unspecified atom stereocenters. The zero-order valence-electron chi connectivity index (χ0n) is 10.6. The van der Waals surface area contributed by atoms with Crippen LogP contribution in [0.3, 0.4) is 0 Å². The van der Waals surface area contributed by atoms with Gasteiger partial charge in [-0.15, -0.1) is 0 Å². The average molecular weight is 228 g/mol. The molecule has 0 bridgehead atoms. The van der Waals surface area contributed by atoms with E-state index in [4.69, 9.17) is 4.99 Å². The zero-order chi connectivity index (χ0) is 11.4. The zero-order valence-corrected chi connectivity index (χ0v) is 11.4. The molecule has 0 aromatic carbocycles. The Morgan fingerprint density at radius 1 is 1.40 bits per heavy atom. The third-order valence-electron chi connectivity index (χ3n) is 3.29. The van der Waals surface area contributed by atoms with Gasteiger partial charge in [-0.3, -0.25) is 4.99 Å². The predicted molar refractivity (Wildman–Crippen MR) is 70.6 cm³/mol. The molecule has 0 radical (unpaired) electrons. The van der Waals surface area contributed by atoms with Crippen LogP contribution in [0.2, 0.25) is 0 Å². The van der Waals surface area contributed by atoms with Crippen LogP contribution in [0.15, 0.2) is 4.99 Å². The summed E-state index contributed by atoms with van der Waals surface area (Å²) < 4.78 is 0. The summed E-state index contributed by atoms with van der Waals surface area (Å²) in [6.07, 6.45) is 1.22. The Morgan fingerprint density at radius 2 is 2.07 bits per heavy atom. The molecule has 0 spiro atoms. The summed E-state index contributed by atoms with van der Waals surface area (Å²) in [5, 5.41) is 4.68. The maximum absolute atomic E-state index is 4.71. The van der Waals surface area contributed by atoms with Gasteiger partial charge < -0.3 is 5.32 Å². The minimum Gasteiger partial charge on any atom is -0.362 e. The first-order valence-corrected chi connectivity index (χ1v) is 7.00. The van der Waals surface area contributed by atoms with Crippen LogP contribution in [0.25, 0.3) is 0 Å². The molecule has 0 saturated carbocycles. The molecule has 3 atom stereocenters. The van der Waals surface area contributed by atoms with E-state index in [0.29, 0.717) is 23.9 Å². The average Bonchev–Trinajstić information content (AvgIpc) is 2.65. The van der Waals surface area contributed by atoms with E-state index in [2.05, 4.69) is 39.9 Å². The van der Waals surface area contributed by atoms with Gasteiger partial charge in [0.2, 0.25) is 0 Å². The summed E-state index contributed by atoms with van der Waals surface area (Å²) >= 11 is 1.87. The lowest BCUT2D eigenvalue weighted by Crippen LogP contribution is -2.34. The third-order valence-corrected chi connectivity index (χ3v) is 4.30. The maximum atomic E-state index is 4.71. The molecule has 1 aliphatic heterocycles. The van der Waals surface area contributed by atoms with Gasteiger partial charge in [0.05, 0.1) is 6.04 Å². The minimum absolute atomic E-state index is 0.515. The molecular weight excluding hydrogens is 204 g/mol.